The molecule has 0 saturated heterocycles. The molecule has 1 fully saturated rings. The van der Waals surface area contributed by atoms with E-state index in [-0.39, 0.29) is 17.9 Å². The standard InChI is InChI=1S/C12H15ClN2O2/c13-10-7-14-5-1-9(10)11(17)15-8-12(2-3-12)4-6-16/h1,5,7,16H,2-4,6,8H2,(H,15,17). The third kappa shape index (κ3) is 2.96. The molecule has 1 aromatic rings. The van der Waals surface area contributed by atoms with E-state index in [4.69, 9.17) is 16.7 Å². The smallest absolute Gasteiger partial charge is 0.252 e. The molecule has 92 valence electrons. The minimum Gasteiger partial charge on any atom is -0.396 e. The highest BCUT2D eigenvalue weighted by Crippen LogP contribution is 2.47. The van der Waals surface area contributed by atoms with Crippen LogP contribution in [0.4, 0.5) is 0 Å². The van der Waals surface area contributed by atoms with Crippen molar-refractivity contribution in [1.82, 2.24) is 10.3 Å². The number of hydrogen-bond acceptors (Lipinski definition) is 3. The highest BCUT2D eigenvalue weighted by Gasteiger charge is 2.41. The van der Waals surface area contributed by atoms with Crippen molar-refractivity contribution in [2.75, 3.05) is 13.2 Å². The maximum Gasteiger partial charge on any atom is 0.252 e. The second-order valence-electron chi connectivity index (χ2n) is 4.51. The van der Waals surface area contributed by atoms with E-state index < -0.39 is 0 Å². The number of amides is 1. The zero-order chi connectivity index (χ0) is 12.3. The Hall–Kier alpha value is -1.13. The van der Waals surface area contributed by atoms with Gasteiger partial charge in [0.25, 0.3) is 5.91 Å². The number of halogens is 1. The van der Waals surface area contributed by atoms with Gasteiger partial charge in [0.1, 0.15) is 0 Å². The highest BCUT2D eigenvalue weighted by atomic mass is 35.5. The second-order valence-corrected chi connectivity index (χ2v) is 4.92. The molecule has 0 bridgehead atoms. The van der Waals surface area contributed by atoms with E-state index in [1.807, 2.05) is 0 Å². The van der Waals surface area contributed by atoms with Crippen LogP contribution in [0.1, 0.15) is 29.6 Å². The van der Waals surface area contributed by atoms with Crippen LogP contribution in [0, 0.1) is 5.41 Å². The van der Waals surface area contributed by atoms with E-state index in [9.17, 15) is 4.79 Å². The molecular weight excluding hydrogens is 240 g/mol. The van der Waals surface area contributed by atoms with Crippen molar-refractivity contribution in [1.29, 1.82) is 0 Å². The van der Waals surface area contributed by atoms with Gasteiger partial charge in [-0.15, -0.1) is 0 Å². The fraction of sp³-hybridized carbons (Fsp3) is 0.500. The van der Waals surface area contributed by atoms with Crippen LogP contribution >= 0.6 is 11.6 Å². The van der Waals surface area contributed by atoms with Gasteiger partial charge in [0, 0.05) is 25.5 Å². The first-order valence-corrected chi connectivity index (χ1v) is 6.03. The fourth-order valence-electron chi connectivity index (χ4n) is 1.85. The third-order valence-electron chi connectivity index (χ3n) is 3.24. The predicted octanol–water partition coefficient (Wildman–Crippen LogP) is 1.63. The Bertz CT molecular complexity index is 419. The molecule has 4 nitrogen and oxygen atoms in total. The van der Waals surface area contributed by atoms with Gasteiger partial charge in [-0.1, -0.05) is 11.6 Å². The number of nitrogens with zero attached hydrogens (tertiary/aromatic N) is 1. The Labute approximate surface area is 105 Å². The molecule has 2 rings (SSSR count). The lowest BCUT2D eigenvalue weighted by Gasteiger charge is -2.14. The number of hydrogen-bond donors (Lipinski definition) is 2. The molecule has 1 amide bonds. The summed E-state index contributed by atoms with van der Waals surface area (Å²) in [6.45, 7) is 0.775. The van der Waals surface area contributed by atoms with Gasteiger partial charge < -0.3 is 10.4 Å². The predicted molar refractivity (Wildman–Crippen MR) is 65.0 cm³/mol. The number of carbonyl (C=O) groups excluding carboxylic acids is 1. The van der Waals surface area contributed by atoms with E-state index in [1.54, 1.807) is 12.3 Å². The lowest BCUT2D eigenvalue weighted by atomic mass is 10.0. The van der Waals surface area contributed by atoms with Gasteiger partial charge in [0.15, 0.2) is 0 Å². The molecular formula is C12H15ClN2O2. The van der Waals surface area contributed by atoms with Crippen LogP contribution in [-0.4, -0.2) is 29.1 Å². The number of aliphatic hydroxyl groups excluding tert-OH is 1. The Kier molecular flexibility index (Phi) is 3.64. The van der Waals surface area contributed by atoms with Gasteiger partial charge in [0.2, 0.25) is 0 Å². The van der Waals surface area contributed by atoms with Crippen molar-refractivity contribution in [2.24, 2.45) is 5.41 Å². The highest BCUT2D eigenvalue weighted by molar-refractivity contribution is 6.33. The lowest BCUT2D eigenvalue weighted by molar-refractivity contribution is 0.0941. The summed E-state index contributed by atoms with van der Waals surface area (Å²) < 4.78 is 0. The van der Waals surface area contributed by atoms with Crippen LogP contribution < -0.4 is 5.32 Å². The molecule has 0 atom stereocenters. The van der Waals surface area contributed by atoms with Crippen molar-refractivity contribution in [3.63, 3.8) is 0 Å². The summed E-state index contributed by atoms with van der Waals surface area (Å²) in [5, 5.41) is 12.1. The fourth-order valence-corrected chi connectivity index (χ4v) is 2.06. The average Bonchev–Trinajstić information content (AvgIpc) is 3.08. The monoisotopic (exact) mass is 254 g/mol. The van der Waals surface area contributed by atoms with Crippen molar-refractivity contribution >= 4 is 17.5 Å². The maximum atomic E-state index is 11.9. The summed E-state index contributed by atoms with van der Waals surface area (Å²) in [6.07, 6.45) is 5.88. The van der Waals surface area contributed by atoms with E-state index in [0.717, 1.165) is 19.3 Å². The number of rotatable bonds is 5. The second kappa shape index (κ2) is 5.02. The number of aliphatic hydroxyl groups is 1. The molecule has 1 aliphatic rings. The molecule has 0 aromatic carbocycles. The summed E-state index contributed by atoms with van der Waals surface area (Å²) in [5.41, 5.74) is 0.561. The van der Waals surface area contributed by atoms with Gasteiger partial charge in [-0.2, -0.15) is 0 Å². The average molecular weight is 255 g/mol. The van der Waals surface area contributed by atoms with Crippen molar-refractivity contribution < 1.29 is 9.90 Å². The number of aromatic nitrogens is 1. The largest absolute Gasteiger partial charge is 0.396 e. The summed E-state index contributed by atoms with van der Waals surface area (Å²) in [4.78, 5) is 15.7. The van der Waals surface area contributed by atoms with E-state index in [1.165, 1.54) is 6.20 Å². The first-order valence-electron chi connectivity index (χ1n) is 5.65. The Morgan fingerprint density at radius 1 is 1.59 bits per heavy atom. The lowest BCUT2D eigenvalue weighted by Crippen LogP contribution is -2.30. The number of pyridine rings is 1. The van der Waals surface area contributed by atoms with Crippen LogP contribution in [0.25, 0.3) is 0 Å². The van der Waals surface area contributed by atoms with Crippen molar-refractivity contribution in [3.05, 3.63) is 29.0 Å². The molecule has 5 heteroatoms. The number of carbonyl (C=O) groups is 1. The molecule has 1 saturated carbocycles. The van der Waals surface area contributed by atoms with Gasteiger partial charge in [0.05, 0.1) is 10.6 Å². The molecule has 1 aliphatic carbocycles. The summed E-state index contributed by atoms with van der Waals surface area (Å²) in [7, 11) is 0. The molecule has 0 unspecified atom stereocenters. The Balaban J connectivity index is 1.92. The topological polar surface area (TPSA) is 62.2 Å². The summed E-state index contributed by atoms with van der Waals surface area (Å²) in [6, 6.07) is 1.60. The zero-order valence-electron chi connectivity index (χ0n) is 9.45. The van der Waals surface area contributed by atoms with Crippen molar-refractivity contribution in [2.45, 2.75) is 19.3 Å². The summed E-state index contributed by atoms with van der Waals surface area (Å²) >= 11 is 5.88. The third-order valence-corrected chi connectivity index (χ3v) is 3.54. The van der Waals surface area contributed by atoms with Gasteiger partial charge in [-0.05, 0) is 30.7 Å². The van der Waals surface area contributed by atoms with Crippen LogP contribution in [0.5, 0.6) is 0 Å². The first kappa shape index (κ1) is 12.3. The first-order chi connectivity index (χ1) is 8.17. The molecule has 0 radical (unpaired) electrons. The van der Waals surface area contributed by atoms with Gasteiger partial charge in [-0.3, -0.25) is 9.78 Å². The van der Waals surface area contributed by atoms with Gasteiger partial charge >= 0.3 is 0 Å². The Morgan fingerprint density at radius 3 is 2.94 bits per heavy atom. The van der Waals surface area contributed by atoms with E-state index >= 15 is 0 Å². The minimum atomic E-state index is -0.179. The van der Waals surface area contributed by atoms with Crippen LogP contribution in [-0.2, 0) is 0 Å². The Morgan fingerprint density at radius 2 is 2.35 bits per heavy atom. The normalized spacial score (nSPS) is 16.6. The molecule has 0 spiro atoms. The zero-order valence-corrected chi connectivity index (χ0v) is 10.2. The minimum absolute atomic E-state index is 0.115. The quantitative estimate of drug-likeness (QED) is 0.840. The molecule has 1 aromatic heterocycles. The summed E-state index contributed by atoms with van der Waals surface area (Å²) in [5.74, 6) is -0.179. The van der Waals surface area contributed by atoms with Crippen molar-refractivity contribution in [3.8, 4) is 0 Å². The molecule has 1 heterocycles. The van der Waals surface area contributed by atoms with Crippen LogP contribution in [0.3, 0.4) is 0 Å². The SMILES string of the molecule is O=C(NCC1(CCO)CC1)c1ccncc1Cl. The molecule has 0 aliphatic heterocycles. The molecule has 17 heavy (non-hydrogen) atoms. The molecule has 2 N–H and O–H groups in total. The van der Waals surface area contributed by atoms with Crippen LogP contribution in [0.15, 0.2) is 18.5 Å². The maximum absolute atomic E-state index is 11.9. The number of nitrogens with one attached hydrogen (secondary N) is 1. The van der Waals surface area contributed by atoms with Gasteiger partial charge in [-0.25, -0.2) is 0 Å². The van der Waals surface area contributed by atoms with E-state index in [2.05, 4.69) is 10.3 Å². The van der Waals surface area contributed by atoms with Crippen LogP contribution in [0.2, 0.25) is 5.02 Å². The van der Waals surface area contributed by atoms with E-state index in [0.29, 0.717) is 17.1 Å².